The van der Waals surface area contributed by atoms with Gasteiger partial charge in [0, 0.05) is 13.0 Å². The number of nitrogens with one attached hydrogen (secondary N) is 2. The van der Waals surface area contributed by atoms with Gasteiger partial charge in [0.05, 0.1) is 0 Å². The van der Waals surface area contributed by atoms with Gasteiger partial charge in [-0.05, 0) is 18.9 Å². The van der Waals surface area contributed by atoms with Crippen molar-refractivity contribution in [2.24, 2.45) is 0 Å². The third kappa shape index (κ3) is 7.28. The van der Waals surface area contributed by atoms with Gasteiger partial charge in [0.1, 0.15) is 12.6 Å². The van der Waals surface area contributed by atoms with E-state index in [9.17, 15) is 14.4 Å². The first-order valence-electron chi connectivity index (χ1n) is 6.95. The van der Waals surface area contributed by atoms with Gasteiger partial charge in [-0.1, -0.05) is 30.3 Å². The van der Waals surface area contributed by atoms with Crippen LogP contribution < -0.4 is 10.6 Å². The molecule has 1 rings (SSSR count). The van der Waals surface area contributed by atoms with E-state index in [1.54, 1.807) is 0 Å². The molecule has 3 N–H and O–H groups in total. The molecule has 22 heavy (non-hydrogen) atoms. The molecule has 0 aliphatic heterocycles. The fourth-order valence-electron chi connectivity index (χ4n) is 1.59. The predicted molar refractivity (Wildman–Crippen MR) is 79.1 cm³/mol. The van der Waals surface area contributed by atoms with Gasteiger partial charge in [-0.25, -0.2) is 4.79 Å². The molecule has 0 aliphatic rings. The maximum atomic E-state index is 11.4. The summed E-state index contributed by atoms with van der Waals surface area (Å²) in [6.07, 6.45) is -0.0157. The molecular weight excluding hydrogens is 288 g/mol. The van der Waals surface area contributed by atoms with Gasteiger partial charge in [0.15, 0.2) is 0 Å². The van der Waals surface area contributed by atoms with Crippen molar-refractivity contribution >= 4 is 18.0 Å². The number of carbonyl (C=O) groups is 3. The Kier molecular flexibility index (Phi) is 7.45. The summed E-state index contributed by atoms with van der Waals surface area (Å²) in [5.74, 6) is -1.45. The third-order valence-corrected chi connectivity index (χ3v) is 2.81. The van der Waals surface area contributed by atoms with Crippen LogP contribution in [0.1, 0.15) is 25.3 Å². The zero-order chi connectivity index (χ0) is 16.4. The number of rotatable bonds is 8. The molecule has 1 atom stereocenters. The van der Waals surface area contributed by atoms with Crippen LogP contribution in [0.15, 0.2) is 30.3 Å². The molecule has 2 amide bonds. The molecule has 0 heterocycles. The average Bonchev–Trinajstić information content (AvgIpc) is 2.50. The van der Waals surface area contributed by atoms with E-state index in [-0.39, 0.29) is 25.5 Å². The minimum atomic E-state index is -1.09. The first-order chi connectivity index (χ1) is 10.5. The molecule has 7 heteroatoms. The van der Waals surface area contributed by atoms with Crippen molar-refractivity contribution in [3.8, 4) is 0 Å². The van der Waals surface area contributed by atoms with E-state index in [4.69, 9.17) is 9.84 Å². The van der Waals surface area contributed by atoms with Gasteiger partial charge in [0.25, 0.3) is 0 Å². The van der Waals surface area contributed by atoms with Crippen molar-refractivity contribution in [1.82, 2.24) is 10.6 Å². The van der Waals surface area contributed by atoms with Gasteiger partial charge >= 0.3 is 12.1 Å². The fourth-order valence-corrected chi connectivity index (χ4v) is 1.59. The van der Waals surface area contributed by atoms with Crippen molar-refractivity contribution in [3.63, 3.8) is 0 Å². The van der Waals surface area contributed by atoms with Crippen LogP contribution in [-0.2, 0) is 20.9 Å². The van der Waals surface area contributed by atoms with Gasteiger partial charge in [-0.15, -0.1) is 0 Å². The van der Waals surface area contributed by atoms with Crippen molar-refractivity contribution < 1.29 is 24.2 Å². The van der Waals surface area contributed by atoms with Crippen LogP contribution in [0.4, 0.5) is 4.79 Å². The number of aliphatic carboxylic acids is 1. The van der Waals surface area contributed by atoms with Gasteiger partial charge in [-0.3, -0.25) is 9.59 Å². The Balaban J connectivity index is 2.10. The number of carbonyl (C=O) groups excluding carboxylic acids is 2. The van der Waals surface area contributed by atoms with E-state index in [1.807, 2.05) is 30.3 Å². The van der Waals surface area contributed by atoms with Crippen molar-refractivity contribution in [3.05, 3.63) is 35.9 Å². The molecule has 0 aromatic heterocycles. The van der Waals surface area contributed by atoms with E-state index in [0.717, 1.165) is 5.56 Å². The molecule has 0 bridgehead atoms. The highest BCUT2D eigenvalue weighted by molar-refractivity contribution is 5.83. The standard InChI is InChI=1S/C15H20N2O5/c1-11(14(19)20)17-13(18)8-5-9-16-15(21)22-10-12-6-3-2-4-7-12/h2-4,6-7,11H,5,8-10H2,1H3,(H,16,21)(H,17,18)(H,19,20). The highest BCUT2D eigenvalue weighted by atomic mass is 16.5. The number of amides is 2. The quantitative estimate of drug-likeness (QED) is 0.628. The topological polar surface area (TPSA) is 105 Å². The second-order valence-electron chi connectivity index (χ2n) is 4.72. The second-order valence-corrected chi connectivity index (χ2v) is 4.72. The number of alkyl carbamates (subject to hydrolysis) is 1. The van der Waals surface area contributed by atoms with Crippen LogP contribution in [0.3, 0.4) is 0 Å². The number of benzene rings is 1. The molecule has 1 unspecified atom stereocenters. The highest BCUT2D eigenvalue weighted by Gasteiger charge is 2.13. The van der Waals surface area contributed by atoms with Crippen LogP contribution in [-0.4, -0.2) is 35.7 Å². The first-order valence-corrected chi connectivity index (χ1v) is 6.95. The van der Waals surface area contributed by atoms with E-state index < -0.39 is 18.1 Å². The minimum absolute atomic E-state index is 0.136. The lowest BCUT2D eigenvalue weighted by Gasteiger charge is -2.09. The predicted octanol–water partition coefficient (Wildman–Crippen LogP) is 1.28. The summed E-state index contributed by atoms with van der Waals surface area (Å²) in [7, 11) is 0. The molecule has 0 fully saturated rings. The fraction of sp³-hybridized carbons (Fsp3) is 0.400. The lowest BCUT2D eigenvalue weighted by Crippen LogP contribution is -2.38. The molecule has 0 aliphatic carbocycles. The Labute approximate surface area is 128 Å². The van der Waals surface area contributed by atoms with Gasteiger partial charge < -0.3 is 20.5 Å². The Morgan fingerprint density at radius 3 is 2.55 bits per heavy atom. The summed E-state index contributed by atoms with van der Waals surface area (Å²) >= 11 is 0. The summed E-state index contributed by atoms with van der Waals surface area (Å²) in [5.41, 5.74) is 0.889. The maximum absolute atomic E-state index is 11.4. The molecule has 7 nitrogen and oxygen atoms in total. The molecule has 0 spiro atoms. The van der Waals surface area contributed by atoms with Crippen molar-refractivity contribution in [2.45, 2.75) is 32.4 Å². The van der Waals surface area contributed by atoms with Crippen LogP contribution in [0.5, 0.6) is 0 Å². The summed E-state index contributed by atoms with van der Waals surface area (Å²) in [6, 6.07) is 8.36. The number of hydrogen-bond acceptors (Lipinski definition) is 4. The summed E-state index contributed by atoms with van der Waals surface area (Å²) in [6.45, 7) is 1.85. The number of carboxylic acid groups (broad SMARTS) is 1. The average molecular weight is 308 g/mol. The smallest absolute Gasteiger partial charge is 0.407 e. The Morgan fingerprint density at radius 2 is 1.91 bits per heavy atom. The minimum Gasteiger partial charge on any atom is -0.480 e. The number of hydrogen-bond donors (Lipinski definition) is 3. The van der Waals surface area contributed by atoms with E-state index in [1.165, 1.54) is 6.92 Å². The van der Waals surface area contributed by atoms with Crippen LogP contribution in [0.2, 0.25) is 0 Å². The Hall–Kier alpha value is -2.57. The molecule has 120 valence electrons. The molecule has 0 radical (unpaired) electrons. The Bertz CT molecular complexity index is 504. The Morgan fingerprint density at radius 1 is 1.23 bits per heavy atom. The highest BCUT2D eigenvalue weighted by Crippen LogP contribution is 2.00. The van der Waals surface area contributed by atoms with E-state index in [2.05, 4.69) is 10.6 Å². The van der Waals surface area contributed by atoms with E-state index >= 15 is 0 Å². The number of carboxylic acids is 1. The number of ether oxygens (including phenoxy) is 1. The zero-order valence-corrected chi connectivity index (χ0v) is 12.4. The van der Waals surface area contributed by atoms with Gasteiger partial charge in [0.2, 0.25) is 5.91 Å². The first kappa shape index (κ1) is 17.5. The summed E-state index contributed by atoms with van der Waals surface area (Å²) in [5, 5.41) is 13.5. The zero-order valence-electron chi connectivity index (χ0n) is 12.4. The van der Waals surface area contributed by atoms with Gasteiger partial charge in [-0.2, -0.15) is 0 Å². The molecule has 1 aromatic rings. The van der Waals surface area contributed by atoms with Crippen LogP contribution >= 0.6 is 0 Å². The van der Waals surface area contributed by atoms with E-state index in [0.29, 0.717) is 6.42 Å². The molecule has 0 saturated heterocycles. The van der Waals surface area contributed by atoms with Crippen LogP contribution in [0.25, 0.3) is 0 Å². The normalized spacial score (nSPS) is 11.3. The maximum Gasteiger partial charge on any atom is 0.407 e. The second kappa shape index (κ2) is 9.38. The van der Waals surface area contributed by atoms with Crippen molar-refractivity contribution in [2.75, 3.05) is 6.54 Å². The summed E-state index contributed by atoms with van der Waals surface area (Å²) in [4.78, 5) is 33.4. The summed E-state index contributed by atoms with van der Waals surface area (Å²) < 4.78 is 5.00. The largest absolute Gasteiger partial charge is 0.480 e. The lowest BCUT2D eigenvalue weighted by molar-refractivity contribution is -0.141. The molecule has 1 aromatic carbocycles. The lowest BCUT2D eigenvalue weighted by atomic mass is 10.2. The molecule has 0 saturated carbocycles. The van der Waals surface area contributed by atoms with Crippen molar-refractivity contribution in [1.29, 1.82) is 0 Å². The van der Waals surface area contributed by atoms with Crippen LogP contribution in [0, 0.1) is 0 Å². The monoisotopic (exact) mass is 308 g/mol. The molecular formula is C15H20N2O5. The third-order valence-electron chi connectivity index (χ3n) is 2.81. The SMILES string of the molecule is CC(NC(=O)CCCNC(=O)OCc1ccccc1)C(=O)O.